The molecule has 3 rings (SSSR count). The number of ether oxygens (including phenoxy) is 2. The van der Waals surface area contributed by atoms with Crippen LogP contribution in [0.15, 0.2) is 42.5 Å². The van der Waals surface area contributed by atoms with Crippen LogP contribution in [0.3, 0.4) is 0 Å². The fraction of sp³-hybridized carbons (Fsp3) is 0.350. The summed E-state index contributed by atoms with van der Waals surface area (Å²) in [7, 11) is 1.63. The van der Waals surface area contributed by atoms with Gasteiger partial charge in [0.2, 0.25) is 5.91 Å². The van der Waals surface area contributed by atoms with E-state index in [2.05, 4.69) is 28.8 Å². The Morgan fingerprint density at radius 1 is 1.08 bits per heavy atom. The van der Waals surface area contributed by atoms with Gasteiger partial charge in [-0.15, -0.1) is 12.4 Å². The van der Waals surface area contributed by atoms with E-state index in [-0.39, 0.29) is 18.3 Å². The lowest BCUT2D eigenvalue weighted by Gasteiger charge is -2.08. The van der Waals surface area contributed by atoms with Gasteiger partial charge in [-0.05, 0) is 47.4 Å². The molecule has 0 aliphatic carbocycles. The molecule has 0 saturated heterocycles. The van der Waals surface area contributed by atoms with Crippen molar-refractivity contribution in [3.05, 3.63) is 59.2 Å². The Labute approximate surface area is 160 Å². The summed E-state index contributed by atoms with van der Waals surface area (Å²) in [5.74, 6) is 1.64. The predicted octanol–water partition coefficient (Wildman–Crippen LogP) is 3.20. The van der Waals surface area contributed by atoms with Crippen molar-refractivity contribution < 1.29 is 14.3 Å². The fourth-order valence-corrected chi connectivity index (χ4v) is 2.84. The topological polar surface area (TPSA) is 59.6 Å². The first-order valence-electron chi connectivity index (χ1n) is 8.59. The molecule has 2 aromatic carbocycles. The van der Waals surface area contributed by atoms with E-state index in [0.717, 1.165) is 30.2 Å². The summed E-state index contributed by atoms with van der Waals surface area (Å²) in [4.78, 5) is 11.9. The summed E-state index contributed by atoms with van der Waals surface area (Å²) in [6.45, 7) is 2.95. The summed E-state index contributed by atoms with van der Waals surface area (Å²) in [6.07, 6.45) is 1.15. The van der Waals surface area contributed by atoms with Gasteiger partial charge < -0.3 is 20.1 Å². The van der Waals surface area contributed by atoms with Gasteiger partial charge in [-0.1, -0.05) is 18.2 Å². The highest BCUT2D eigenvalue weighted by atomic mass is 35.5. The molecule has 0 aromatic heterocycles. The molecule has 0 unspecified atom stereocenters. The number of hydrogen-bond donors (Lipinski definition) is 2. The van der Waals surface area contributed by atoms with Crippen LogP contribution in [0, 0.1) is 0 Å². The Balaban J connectivity index is 0.00000243. The molecule has 6 heteroatoms. The number of carbonyl (C=O) groups excluding carboxylic acids is 1. The summed E-state index contributed by atoms with van der Waals surface area (Å²) in [6, 6.07) is 13.8. The van der Waals surface area contributed by atoms with E-state index >= 15 is 0 Å². The minimum Gasteiger partial charge on any atom is -0.497 e. The third-order valence-electron chi connectivity index (χ3n) is 4.27. The Morgan fingerprint density at radius 3 is 2.58 bits per heavy atom. The first kappa shape index (κ1) is 20.1. The van der Waals surface area contributed by atoms with Crippen molar-refractivity contribution in [1.82, 2.24) is 10.6 Å². The molecule has 0 bridgehead atoms. The van der Waals surface area contributed by atoms with Gasteiger partial charge in [0.1, 0.15) is 11.5 Å². The second-order valence-corrected chi connectivity index (χ2v) is 6.11. The van der Waals surface area contributed by atoms with Crippen LogP contribution in [0.25, 0.3) is 0 Å². The molecule has 1 aliphatic heterocycles. The molecule has 0 radical (unpaired) electrons. The van der Waals surface area contributed by atoms with Gasteiger partial charge in [0.05, 0.1) is 13.7 Å². The minimum absolute atomic E-state index is 0. The number of methoxy groups -OCH3 is 1. The van der Waals surface area contributed by atoms with Crippen LogP contribution in [0.4, 0.5) is 0 Å². The second-order valence-electron chi connectivity index (χ2n) is 6.11. The third kappa shape index (κ3) is 5.64. The summed E-state index contributed by atoms with van der Waals surface area (Å²) >= 11 is 0. The molecule has 0 atom stereocenters. The van der Waals surface area contributed by atoms with Crippen molar-refractivity contribution in [3.8, 4) is 11.5 Å². The SMILES string of the molecule is COc1ccc(OCCCC(=O)NCc2ccc3c(c2)CNC3)cc1.Cl. The van der Waals surface area contributed by atoms with Crippen LogP contribution < -0.4 is 20.1 Å². The van der Waals surface area contributed by atoms with Crippen molar-refractivity contribution in [3.63, 3.8) is 0 Å². The standard InChI is InChI=1S/C20H24N2O3.ClH/c1-24-18-6-8-19(9-7-18)25-10-2-3-20(23)22-12-15-4-5-16-13-21-14-17(16)11-15;/h4-9,11,21H,2-3,10,12-14H2,1H3,(H,22,23);1H. The fourth-order valence-electron chi connectivity index (χ4n) is 2.84. The zero-order valence-corrected chi connectivity index (χ0v) is 15.7. The van der Waals surface area contributed by atoms with Crippen molar-refractivity contribution in [2.24, 2.45) is 0 Å². The van der Waals surface area contributed by atoms with E-state index < -0.39 is 0 Å². The molecule has 2 N–H and O–H groups in total. The maximum atomic E-state index is 11.9. The number of amides is 1. The normalized spacial score (nSPS) is 12.0. The number of fused-ring (bicyclic) bond motifs is 1. The van der Waals surface area contributed by atoms with Crippen LogP contribution in [0.1, 0.15) is 29.5 Å². The Morgan fingerprint density at radius 2 is 1.81 bits per heavy atom. The lowest BCUT2D eigenvalue weighted by atomic mass is 10.1. The van der Waals surface area contributed by atoms with E-state index in [0.29, 0.717) is 26.0 Å². The van der Waals surface area contributed by atoms with Gasteiger partial charge in [-0.3, -0.25) is 4.79 Å². The predicted molar refractivity (Wildman–Crippen MR) is 104 cm³/mol. The zero-order chi connectivity index (χ0) is 17.5. The quantitative estimate of drug-likeness (QED) is 0.694. The molecule has 2 aromatic rings. The smallest absolute Gasteiger partial charge is 0.220 e. The second kappa shape index (κ2) is 10.0. The minimum atomic E-state index is 0. The van der Waals surface area contributed by atoms with Crippen molar-refractivity contribution >= 4 is 18.3 Å². The highest BCUT2D eigenvalue weighted by molar-refractivity contribution is 5.85. The first-order valence-corrected chi connectivity index (χ1v) is 8.59. The van der Waals surface area contributed by atoms with E-state index in [1.165, 1.54) is 11.1 Å². The number of hydrogen-bond acceptors (Lipinski definition) is 4. The highest BCUT2D eigenvalue weighted by Gasteiger charge is 2.10. The van der Waals surface area contributed by atoms with Crippen LogP contribution in [0.2, 0.25) is 0 Å². The molecule has 140 valence electrons. The number of benzene rings is 2. The summed E-state index contributed by atoms with van der Waals surface area (Å²) in [5.41, 5.74) is 3.83. The lowest BCUT2D eigenvalue weighted by Crippen LogP contribution is -2.23. The molecule has 1 heterocycles. The van der Waals surface area contributed by atoms with Gasteiger partial charge in [-0.25, -0.2) is 0 Å². The van der Waals surface area contributed by atoms with E-state index in [1.54, 1.807) is 7.11 Å². The molecule has 0 saturated carbocycles. The molecule has 1 amide bonds. The van der Waals surface area contributed by atoms with Crippen LogP contribution in [0.5, 0.6) is 11.5 Å². The highest BCUT2D eigenvalue weighted by Crippen LogP contribution is 2.18. The molecule has 5 nitrogen and oxygen atoms in total. The number of nitrogens with one attached hydrogen (secondary N) is 2. The van der Waals surface area contributed by atoms with Gasteiger partial charge in [0, 0.05) is 26.1 Å². The zero-order valence-electron chi connectivity index (χ0n) is 14.9. The van der Waals surface area contributed by atoms with Gasteiger partial charge in [0.25, 0.3) is 0 Å². The molecule has 0 spiro atoms. The Bertz CT molecular complexity index is 719. The third-order valence-corrected chi connectivity index (χ3v) is 4.27. The molecule has 26 heavy (non-hydrogen) atoms. The summed E-state index contributed by atoms with van der Waals surface area (Å²) < 4.78 is 10.7. The lowest BCUT2D eigenvalue weighted by molar-refractivity contribution is -0.121. The van der Waals surface area contributed by atoms with Gasteiger partial charge in [-0.2, -0.15) is 0 Å². The molecule has 0 fully saturated rings. The van der Waals surface area contributed by atoms with Crippen molar-refractivity contribution in [2.75, 3.05) is 13.7 Å². The van der Waals surface area contributed by atoms with E-state index in [9.17, 15) is 4.79 Å². The van der Waals surface area contributed by atoms with Gasteiger partial charge in [0.15, 0.2) is 0 Å². The van der Waals surface area contributed by atoms with Crippen molar-refractivity contribution in [1.29, 1.82) is 0 Å². The number of rotatable bonds is 8. The Hall–Kier alpha value is -2.24. The molecular weight excluding hydrogens is 352 g/mol. The van der Waals surface area contributed by atoms with Crippen LogP contribution in [-0.2, 0) is 24.4 Å². The maximum absolute atomic E-state index is 11.9. The van der Waals surface area contributed by atoms with E-state index in [1.807, 2.05) is 24.3 Å². The summed E-state index contributed by atoms with van der Waals surface area (Å²) in [5, 5.41) is 6.30. The number of halogens is 1. The molecular formula is C20H25ClN2O3. The Kier molecular flexibility index (Phi) is 7.75. The molecule has 1 aliphatic rings. The van der Waals surface area contributed by atoms with Crippen molar-refractivity contribution in [2.45, 2.75) is 32.5 Å². The van der Waals surface area contributed by atoms with E-state index in [4.69, 9.17) is 9.47 Å². The average molecular weight is 377 g/mol. The maximum Gasteiger partial charge on any atom is 0.220 e. The first-order chi connectivity index (χ1) is 12.2. The largest absolute Gasteiger partial charge is 0.497 e. The van der Waals surface area contributed by atoms with Crippen LogP contribution in [-0.4, -0.2) is 19.6 Å². The number of carbonyl (C=O) groups is 1. The van der Waals surface area contributed by atoms with Crippen LogP contribution >= 0.6 is 12.4 Å². The van der Waals surface area contributed by atoms with Gasteiger partial charge >= 0.3 is 0 Å². The average Bonchev–Trinajstić information content (AvgIpc) is 3.12. The monoisotopic (exact) mass is 376 g/mol.